The van der Waals surface area contributed by atoms with Crippen LogP contribution < -0.4 is 11.1 Å². The Kier molecular flexibility index (Phi) is 9.63. The van der Waals surface area contributed by atoms with Crippen LogP contribution in [0.25, 0.3) is 0 Å². The highest BCUT2D eigenvalue weighted by molar-refractivity contribution is 8.13. The Balaban J connectivity index is 1.75. The molecule has 1 aliphatic rings. The van der Waals surface area contributed by atoms with Crippen molar-refractivity contribution in [2.24, 2.45) is 5.92 Å². The predicted octanol–water partition coefficient (Wildman–Crippen LogP) is 2.04. The third kappa shape index (κ3) is 8.48. The molecule has 0 aromatic carbocycles. The van der Waals surface area contributed by atoms with Crippen LogP contribution in [0.2, 0.25) is 0 Å². The lowest BCUT2D eigenvalue weighted by Crippen LogP contribution is -2.42. The Labute approximate surface area is 182 Å². The summed E-state index contributed by atoms with van der Waals surface area (Å²) in [6.45, 7) is 1.77. The summed E-state index contributed by atoms with van der Waals surface area (Å²) in [6, 6.07) is -1.15. The zero-order valence-corrected chi connectivity index (χ0v) is 18.1. The van der Waals surface area contributed by atoms with E-state index in [9.17, 15) is 24.0 Å². The molecular weight excluding hydrogens is 434 g/mol. The highest BCUT2D eigenvalue weighted by Crippen LogP contribution is 2.24. The van der Waals surface area contributed by atoms with Gasteiger partial charge in [0.05, 0.1) is 5.92 Å². The van der Waals surface area contributed by atoms with Crippen LogP contribution in [0.3, 0.4) is 0 Å². The summed E-state index contributed by atoms with van der Waals surface area (Å²) in [6.07, 6.45) is 4.59. The standard InChI is InChI=1S/C19H25NO10S/c1-11-15(30-18(24)29-11)8-26-17(23)14(20-12(2)21)9-31-19(25)28-10-27-16(22)13-6-4-3-5-7-13/h13-14H,3-10H2,1-2H3,(H,20,21)/t14-/m0/s1. The van der Waals surface area contributed by atoms with Gasteiger partial charge in [-0.25, -0.2) is 14.4 Å². The van der Waals surface area contributed by atoms with Gasteiger partial charge in [-0.1, -0.05) is 19.3 Å². The summed E-state index contributed by atoms with van der Waals surface area (Å²) in [4.78, 5) is 58.4. The van der Waals surface area contributed by atoms with Gasteiger partial charge in [0, 0.05) is 12.7 Å². The molecule has 12 heteroatoms. The first kappa shape index (κ1) is 24.5. The molecule has 1 aliphatic carbocycles. The van der Waals surface area contributed by atoms with Crippen molar-refractivity contribution in [3.63, 3.8) is 0 Å². The maximum Gasteiger partial charge on any atom is 0.519 e. The second-order valence-corrected chi connectivity index (χ2v) is 7.87. The number of thioether (sulfide) groups is 1. The van der Waals surface area contributed by atoms with Crippen molar-refractivity contribution < 1.29 is 42.2 Å². The minimum Gasteiger partial charge on any atom is -0.456 e. The van der Waals surface area contributed by atoms with Gasteiger partial charge in [-0.3, -0.25) is 9.59 Å². The van der Waals surface area contributed by atoms with Crippen LogP contribution in [0.15, 0.2) is 13.6 Å². The topological polar surface area (TPSA) is 151 Å². The van der Waals surface area contributed by atoms with Crippen LogP contribution in [0, 0.1) is 12.8 Å². The van der Waals surface area contributed by atoms with Crippen molar-refractivity contribution in [1.29, 1.82) is 0 Å². The Morgan fingerprint density at radius 1 is 1.10 bits per heavy atom. The van der Waals surface area contributed by atoms with Crippen molar-refractivity contribution in [2.45, 2.75) is 58.6 Å². The van der Waals surface area contributed by atoms with E-state index in [1.54, 1.807) is 0 Å². The molecule has 1 amide bonds. The number of rotatable bonds is 9. The number of aryl methyl sites for hydroxylation is 1. The summed E-state index contributed by atoms with van der Waals surface area (Å²) in [5.41, 5.74) is 0. The zero-order chi connectivity index (χ0) is 22.8. The summed E-state index contributed by atoms with van der Waals surface area (Å²) >= 11 is 0.611. The number of carbonyl (C=O) groups is 4. The molecule has 0 aliphatic heterocycles. The van der Waals surface area contributed by atoms with Gasteiger partial charge >= 0.3 is 23.1 Å². The molecule has 0 radical (unpaired) electrons. The molecule has 31 heavy (non-hydrogen) atoms. The quantitative estimate of drug-likeness (QED) is 0.426. The maximum absolute atomic E-state index is 12.2. The average Bonchev–Trinajstić information content (AvgIpc) is 3.06. The SMILES string of the molecule is CC(=O)N[C@@H](CSC(=O)OCOC(=O)C1CCCCC1)C(=O)OCc1oc(=O)oc1C. The number of ether oxygens (including phenoxy) is 3. The summed E-state index contributed by atoms with van der Waals surface area (Å²) in [7, 11) is 0. The first-order valence-corrected chi connectivity index (χ1v) is 10.7. The number of hydrogen-bond donors (Lipinski definition) is 1. The average molecular weight is 459 g/mol. The van der Waals surface area contributed by atoms with E-state index in [0.29, 0.717) is 11.8 Å². The van der Waals surface area contributed by atoms with Gasteiger partial charge in [0.15, 0.2) is 18.1 Å². The predicted molar refractivity (Wildman–Crippen MR) is 106 cm³/mol. The Bertz CT molecular complexity index is 839. The number of hydrogen-bond acceptors (Lipinski definition) is 11. The van der Waals surface area contributed by atoms with E-state index in [-0.39, 0.29) is 29.8 Å². The van der Waals surface area contributed by atoms with Gasteiger partial charge in [0.25, 0.3) is 0 Å². The van der Waals surface area contributed by atoms with Crippen LogP contribution in [-0.2, 0) is 35.2 Å². The summed E-state index contributed by atoms with van der Waals surface area (Å²) in [5.74, 6) is -2.82. The molecule has 172 valence electrons. The van der Waals surface area contributed by atoms with Gasteiger partial charge < -0.3 is 28.4 Å². The minimum absolute atomic E-state index is 0.0340. The monoisotopic (exact) mass is 459 g/mol. The highest BCUT2D eigenvalue weighted by atomic mass is 32.2. The van der Waals surface area contributed by atoms with E-state index in [4.69, 9.17) is 18.6 Å². The largest absolute Gasteiger partial charge is 0.519 e. The molecule has 11 nitrogen and oxygen atoms in total. The molecule has 1 heterocycles. The van der Waals surface area contributed by atoms with Crippen molar-refractivity contribution in [2.75, 3.05) is 12.5 Å². The van der Waals surface area contributed by atoms with E-state index in [1.165, 1.54) is 13.8 Å². The van der Waals surface area contributed by atoms with Crippen LogP contribution in [0.5, 0.6) is 0 Å². The normalized spacial score (nSPS) is 15.0. The molecular formula is C19H25NO10S. The molecule has 1 N–H and O–H groups in total. The lowest BCUT2D eigenvalue weighted by Gasteiger charge is -2.19. The van der Waals surface area contributed by atoms with E-state index in [0.717, 1.165) is 32.1 Å². The molecule has 1 fully saturated rings. The molecule has 0 bridgehead atoms. The van der Waals surface area contributed by atoms with Crippen molar-refractivity contribution in [3.8, 4) is 0 Å². The van der Waals surface area contributed by atoms with Gasteiger partial charge in [0.1, 0.15) is 6.04 Å². The van der Waals surface area contributed by atoms with Gasteiger partial charge in [-0.2, -0.15) is 0 Å². The van der Waals surface area contributed by atoms with E-state index in [2.05, 4.69) is 9.73 Å². The van der Waals surface area contributed by atoms with Crippen molar-refractivity contribution in [3.05, 3.63) is 22.1 Å². The fraction of sp³-hybridized carbons (Fsp3) is 0.632. The van der Waals surface area contributed by atoms with Crippen molar-refractivity contribution in [1.82, 2.24) is 5.32 Å². The Morgan fingerprint density at radius 2 is 1.81 bits per heavy atom. The van der Waals surface area contributed by atoms with Gasteiger partial charge in [-0.05, 0) is 31.5 Å². The smallest absolute Gasteiger partial charge is 0.456 e. The fourth-order valence-corrected chi connectivity index (χ4v) is 3.60. The van der Waals surface area contributed by atoms with Crippen LogP contribution in [0.1, 0.15) is 50.5 Å². The van der Waals surface area contributed by atoms with E-state index in [1.807, 2.05) is 0 Å². The first-order chi connectivity index (χ1) is 14.8. The number of esters is 2. The van der Waals surface area contributed by atoms with Crippen LogP contribution in [-0.4, -0.2) is 41.7 Å². The minimum atomic E-state index is -1.15. The maximum atomic E-state index is 12.2. The van der Waals surface area contributed by atoms with Crippen molar-refractivity contribution >= 4 is 34.9 Å². The van der Waals surface area contributed by atoms with E-state index >= 15 is 0 Å². The molecule has 1 saturated carbocycles. The summed E-state index contributed by atoms with van der Waals surface area (Å²) in [5, 5.41) is 1.58. The molecule has 0 saturated heterocycles. The third-order valence-electron chi connectivity index (χ3n) is 4.53. The molecule has 2 rings (SSSR count). The lowest BCUT2D eigenvalue weighted by molar-refractivity contribution is -0.157. The number of amides is 1. The zero-order valence-electron chi connectivity index (χ0n) is 17.3. The fourth-order valence-electron chi connectivity index (χ4n) is 2.94. The number of carbonyl (C=O) groups excluding carboxylic acids is 4. The second-order valence-electron chi connectivity index (χ2n) is 6.92. The number of nitrogens with one attached hydrogen (secondary N) is 1. The second kappa shape index (κ2) is 12.2. The van der Waals surface area contributed by atoms with E-state index < -0.39 is 41.8 Å². The molecule has 1 aromatic heterocycles. The molecule has 0 spiro atoms. The Morgan fingerprint density at radius 3 is 2.42 bits per heavy atom. The highest BCUT2D eigenvalue weighted by Gasteiger charge is 2.25. The van der Waals surface area contributed by atoms with Gasteiger partial charge in [-0.15, -0.1) is 0 Å². The molecule has 1 aromatic rings. The summed E-state index contributed by atoms with van der Waals surface area (Å²) < 4.78 is 24.2. The Hall–Kier alpha value is -2.76. The molecule has 0 unspecified atom stereocenters. The van der Waals surface area contributed by atoms with Crippen LogP contribution >= 0.6 is 11.8 Å². The lowest BCUT2D eigenvalue weighted by atomic mass is 9.89. The van der Waals surface area contributed by atoms with Gasteiger partial charge in [0.2, 0.25) is 12.7 Å². The van der Waals surface area contributed by atoms with Crippen LogP contribution in [0.4, 0.5) is 4.79 Å². The third-order valence-corrected chi connectivity index (χ3v) is 5.38. The first-order valence-electron chi connectivity index (χ1n) is 9.75. The molecule has 1 atom stereocenters.